The summed E-state index contributed by atoms with van der Waals surface area (Å²) in [5.41, 5.74) is -0.955. The van der Waals surface area contributed by atoms with Crippen molar-refractivity contribution in [2.45, 2.75) is 37.4 Å². The maximum absolute atomic E-state index is 10.2. The van der Waals surface area contributed by atoms with Gasteiger partial charge in [0.1, 0.15) is 5.75 Å². The van der Waals surface area contributed by atoms with Crippen LogP contribution in [0.25, 0.3) is 0 Å². The lowest BCUT2D eigenvalue weighted by Crippen LogP contribution is -2.25. The summed E-state index contributed by atoms with van der Waals surface area (Å²) in [6.07, 6.45) is 3.43. The van der Waals surface area contributed by atoms with Crippen LogP contribution in [0.5, 0.6) is 5.75 Å². The molecular formula is C15H19ClO3. The molecule has 0 spiro atoms. The lowest BCUT2D eigenvalue weighted by molar-refractivity contribution is 0.0473. The molecule has 1 aliphatic carbocycles. The standard InChI is InChI=1S/C15H19ClO3/c16-13-10-15(18,11-14(13)17)8-4-5-9-19-12-6-2-1-3-7-12/h1-3,6-7,10,14,17-18H,4-5,8-9,11H2. The quantitative estimate of drug-likeness (QED) is 0.789. The normalized spacial score (nSPS) is 26.3. The molecular weight excluding hydrogens is 264 g/mol. The third kappa shape index (κ3) is 4.23. The maximum atomic E-state index is 10.2. The second-order valence-electron chi connectivity index (χ2n) is 4.97. The zero-order chi connectivity index (χ0) is 13.7. The number of rotatable bonds is 6. The topological polar surface area (TPSA) is 49.7 Å². The van der Waals surface area contributed by atoms with Gasteiger partial charge in [-0.1, -0.05) is 29.8 Å². The van der Waals surface area contributed by atoms with E-state index in [4.69, 9.17) is 16.3 Å². The third-order valence-corrected chi connectivity index (χ3v) is 3.65. The molecule has 0 aromatic heterocycles. The Bertz CT molecular complexity index is 432. The minimum atomic E-state index is -0.955. The molecule has 1 aliphatic rings. The van der Waals surface area contributed by atoms with Crippen molar-refractivity contribution in [2.75, 3.05) is 6.61 Å². The number of hydrogen-bond donors (Lipinski definition) is 2. The first kappa shape index (κ1) is 14.4. The first-order chi connectivity index (χ1) is 9.09. The Morgan fingerprint density at radius 2 is 2.00 bits per heavy atom. The molecule has 0 saturated heterocycles. The van der Waals surface area contributed by atoms with Crippen LogP contribution in [-0.2, 0) is 0 Å². The van der Waals surface area contributed by atoms with E-state index >= 15 is 0 Å². The minimum absolute atomic E-state index is 0.297. The Kier molecular flexibility index (Phi) is 4.86. The molecule has 104 valence electrons. The van der Waals surface area contributed by atoms with Crippen LogP contribution < -0.4 is 4.74 Å². The molecule has 0 amide bonds. The highest BCUT2D eigenvalue weighted by Gasteiger charge is 2.35. The van der Waals surface area contributed by atoms with E-state index < -0.39 is 11.7 Å². The zero-order valence-electron chi connectivity index (χ0n) is 10.8. The van der Waals surface area contributed by atoms with Crippen LogP contribution in [0.2, 0.25) is 0 Å². The SMILES string of the molecule is OC1CC(O)(CCCCOc2ccccc2)C=C1Cl. The molecule has 0 aliphatic heterocycles. The predicted molar refractivity (Wildman–Crippen MR) is 75.3 cm³/mol. The van der Waals surface area contributed by atoms with E-state index in [0.717, 1.165) is 18.6 Å². The third-order valence-electron chi connectivity index (χ3n) is 3.29. The van der Waals surface area contributed by atoms with E-state index in [0.29, 0.717) is 24.5 Å². The molecule has 0 radical (unpaired) electrons. The number of para-hydroxylation sites is 1. The number of benzene rings is 1. The van der Waals surface area contributed by atoms with Crippen LogP contribution in [0.3, 0.4) is 0 Å². The summed E-state index contributed by atoms with van der Waals surface area (Å²) in [6, 6.07) is 9.66. The minimum Gasteiger partial charge on any atom is -0.494 e. The van der Waals surface area contributed by atoms with Gasteiger partial charge in [0.15, 0.2) is 0 Å². The Labute approximate surface area is 118 Å². The molecule has 4 heteroatoms. The lowest BCUT2D eigenvalue weighted by atomic mass is 9.96. The van der Waals surface area contributed by atoms with Gasteiger partial charge in [-0.2, -0.15) is 0 Å². The number of aliphatic hydroxyl groups excluding tert-OH is 1. The maximum Gasteiger partial charge on any atom is 0.119 e. The summed E-state index contributed by atoms with van der Waals surface area (Å²) in [5, 5.41) is 20.0. The highest BCUT2D eigenvalue weighted by atomic mass is 35.5. The number of aliphatic hydroxyl groups is 2. The van der Waals surface area contributed by atoms with Gasteiger partial charge in [-0.15, -0.1) is 0 Å². The Hall–Kier alpha value is -1.03. The van der Waals surface area contributed by atoms with Crippen molar-refractivity contribution in [3.05, 3.63) is 41.4 Å². The average molecular weight is 283 g/mol. The number of ether oxygens (including phenoxy) is 1. The first-order valence-electron chi connectivity index (χ1n) is 6.56. The molecule has 0 saturated carbocycles. The summed E-state index contributed by atoms with van der Waals surface area (Å²) >= 11 is 5.79. The highest BCUT2D eigenvalue weighted by molar-refractivity contribution is 6.30. The fraction of sp³-hybridized carbons (Fsp3) is 0.467. The summed E-state index contributed by atoms with van der Waals surface area (Å²) in [7, 11) is 0. The molecule has 2 unspecified atom stereocenters. The molecule has 3 nitrogen and oxygen atoms in total. The summed E-state index contributed by atoms with van der Waals surface area (Å²) in [4.78, 5) is 0. The van der Waals surface area contributed by atoms with Gasteiger partial charge in [-0.3, -0.25) is 0 Å². The number of unbranched alkanes of at least 4 members (excludes halogenated alkanes) is 1. The van der Waals surface area contributed by atoms with E-state index in [-0.39, 0.29) is 0 Å². The number of hydrogen-bond acceptors (Lipinski definition) is 3. The number of halogens is 1. The van der Waals surface area contributed by atoms with Gasteiger partial charge in [0, 0.05) is 11.5 Å². The fourth-order valence-corrected chi connectivity index (χ4v) is 2.54. The van der Waals surface area contributed by atoms with E-state index in [1.165, 1.54) is 0 Å². The highest BCUT2D eigenvalue weighted by Crippen LogP contribution is 2.34. The Morgan fingerprint density at radius 3 is 2.63 bits per heavy atom. The monoisotopic (exact) mass is 282 g/mol. The van der Waals surface area contributed by atoms with Crippen molar-refractivity contribution >= 4 is 11.6 Å². The van der Waals surface area contributed by atoms with Crippen LogP contribution in [0.15, 0.2) is 41.4 Å². The van der Waals surface area contributed by atoms with Gasteiger partial charge in [0.25, 0.3) is 0 Å². The van der Waals surface area contributed by atoms with Gasteiger partial charge in [0.2, 0.25) is 0 Å². The molecule has 2 N–H and O–H groups in total. The molecule has 1 aromatic carbocycles. The van der Waals surface area contributed by atoms with E-state index in [1.54, 1.807) is 6.08 Å². The average Bonchev–Trinajstić information content (AvgIpc) is 2.64. The van der Waals surface area contributed by atoms with Crippen molar-refractivity contribution in [2.24, 2.45) is 0 Å². The van der Waals surface area contributed by atoms with Crippen molar-refractivity contribution < 1.29 is 14.9 Å². The van der Waals surface area contributed by atoms with E-state index in [9.17, 15) is 10.2 Å². The van der Waals surface area contributed by atoms with Gasteiger partial charge in [-0.25, -0.2) is 0 Å². The molecule has 2 rings (SSSR count). The smallest absolute Gasteiger partial charge is 0.119 e. The molecule has 0 heterocycles. The Morgan fingerprint density at radius 1 is 1.26 bits per heavy atom. The van der Waals surface area contributed by atoms with Crippen molar-refractivity contribution in [1.29, 1.82) is 0 Å². The van der Waals surface area contributed by atoms with Gasteiger partial charge >= 0.3 is 0 Å². The van der Waals surface area contributed by atoms with Crippen LogP contribution in [0.4, 0.5) is 0 Å². The van der Waals surface area contributed by atoms with Crippen LogP contribution in [-0.4, -0.2) is 28.5 Å². The Balaban J connectivity index is 1.65. The second kappa shape index (κ2) is 6.42. The molecule has 0 bridgehead atoms. The van der Waals surface area contributed by atoms with Crippen molar-refractivity contribution in [1.82, 2.24) is 0 Å². The molecule has 1 aromatic rings. The van der Waals surface area contributed by atoms with Gasteiger partial charge < -0.3 is 14.9 Å². The van der Waals surface area contributed by atoms with Crippen LogP contribution >= 0.6 is 11.6 Å². The van der Waals surface area contributed by atoms with Crippen LogP contribution in [0, 0.1) is 0 Å². The predicted octanol–water partition coefficient (Wildman–Crippen LogP) is 2.85. The summed E-state index contributed by atoms with van der Waals surface area (Å²) < 4.78 is 5.57. The summed E-state index contributed by atoms with van der Waals surface area (Å²) in [6.45, 7) is 0.625. The largest absolute Gasteiger partial charge is 0.494 e. The van der Waals surface area contributed by atoms with Gasteiger partial charge in [0.05, 0.1) is 18.3 Å². The fourth-order valence-electron chi connectivity index (χ4n) is 2.26. The van der Waals surface area contributed by atoms with Crippen molar-refractivity contribution in [3.8, 4) is 5.75 Å². The summed E-state index contributed by atoms with van der Waals surface area (Å²) in [5.74, 6) is 0.862. The van der Waals surface area contributed by atoms with Crippen molar-refractivity contribution in [3.63, 3.8) is 0 Å². The van der Waals surface area contributed by atoms with Gasteiger partial charge in [-0.05, 0) is 37.5 Å². The van der Waals surface area contributed by atoms with E-state index in [2.05, 4.69) is 0 Å². The zero-order valence-corrected chi connectivity index (χ0v) is 11.5. The lowest BCUT2D eigenvalue weighted by Gasteiger charge is -2.20. The molecule has 19 heavy (non-hydrogen) atoms. The second-order valence-corrected chi connectivity index (χ2v) is 5.41. The van der Waals surface area contributed by atoms with E-state index in [1.807, 2.05) is 30.3 Å². The van der Waals surface area contributed by atoms with Crippen LogP contribution in [0.1, 0.15) is 25.7 Å². The molecule has 2 atom stereocenters. The molecule has 0 fully saturated rings. The first-order valence-corrected chi connectivity index (χ1v) is 6.93.